The van der Waals surface area contributed by atoms with Gasteiger partial charge in [-0.15, -0.1) is 0 Å². The summed E-state index contributed by atoms with van der Waals surface area (Å²) in [5, 5.41) is 2.75. The van der Waals surface area contributed by atoms with Gasteiger partial charge in [-0.3, -0.25) is 9.59 Å². The Labute approximate surface area is 199 Å². The van der Waals surface area contributed by atoms with Crippen LogP contribution >= 0.6 is 0 Å². The minimum absolute atomic E-state index is 0.0443. The number of aryl methyl sites for hydroxylation is 2. The summed E-state index contributed by atoms with van der Waals surface area (Å²) < 4.78 is 27.4. The Morgan fingerprint density at radius 3 is 2.41 bits per heavy atom. The minimum Gasteiger partial charge on any atom is -0.448 e. The highest BCUT2D eigenvalue weighted by Gasteiger charge is 2.47. The molecule has 1 aromatic carbocycles. The van der Waals surface area contributed by atoms with Crippen molar-refractivity contribution in [2.75, 3.05) is 14.1 Å². The van der Waals surface area contributed by atoms with Gasteiger partial charge in [0.15, 0.2) is 11.6 Å². The number of hydrogen-bond acceptors (Lipinski definition) is 5. The first-order chi connectivity index (χ1) is 16.0. The van der Waals surface area contributed by atoms with Gasteiger partial charge in [0.1, 0.15) is 0 Å². The molecule has 0 spiro atoms. The second-order valence-corrected chi connectivity index (χ2v) is 10.0. The van der Waals surface area contributed by atoms with E-state index in [2.05, 4.69) is 29.3 Å². The van der Waals surface area contributed by atoms with Crippen LogP contribution in [-0.2, 0) is 6.54 Å². The molecular weight excluding hydrogens is 437 g/mol. The van der Waals surface area contributed by atoms with Gasteiger partial charge >= 0.3 is 0 Å². The fourth-order valence-corrected chi connectivity index (χ4v) is 5.23. The second-order valence-electron chi connectivity index (χ2n) is 10.0. The van der Waals surface area contributed by atoms with Crippen LogP contribution in [0.5, 0.6) is 11.5 Å². The predicted octanol–water partition coefficient (Wildman–Crippen LogP) is 3.98. The lowest BCUT2D eigenvalue weighted by Crippen LogP contribution is -2.46. The molecule has 8 heteroatoms. The zero-order valence-corrected chi connectivity index (χ0v) is 20.8. The Bertz CT molecular complexity index is 1170. The fraction of sp³-hybridized carbons (Fsp3) is 0.538. The van der Waals surface area contributed by atoms with Crippen LogP contribution in [0.15, 0.2) is 16.9 Å². The van der Waals surface area contributed by atoms with E-state index < -0.39 is 17.5 Å². The van der Waals surface area contributed by atoms with Crippen LogP contribution in [0, 0.1) is 32.5 Å². The number of pyridine rings is 1. The number of H-pyrrole nitrogens is 1. The highest BCUT2D eigenvalue weighted by Crippen LogP contribution is 2.49. The molecule has 0 bridgehead atoms. The van der Waals surface area contributed by atoms with Gasteiger partial charge in [0.2, 0.25) is 5.75 Å². The molecule has 0 radical (unpaired) electrons. The number of aromatic amines is 1. The molecule has 1 atom stereocenters. The van der Waals surface area contributed by atoms with Crippen molar-refractivity contribution in [1.82, 2.24) is 15.2 Å². The Morgan fingerprint density at radius 1 is 1.15 bits per heavy atom. The summed E-state index contributed by atoms with van der Waals surface area (Å²) in [4.78, 5) is 30.2. The van der Waals surface area contributed by atoms with Crippen LogP contribution in [0.1, 0.15) is 65.3 Å². The molecule has 34 heavy (non-hydrogen) atoms. The number of nitrogens with zero attached hydrogens (tertiary/aromatic N) is 1. The first-order valence-corrected chi connectivity index (χ1v) is 11.8. The molecule has 1 amide bonds. The van der Waals surface area contributed by atoms with E-state index in [-0.39, 0.29) is 35.1 Å². The number of fused-ring (bicyclic) bond motifs is 1. The molecule has 2 N–H and O–H groups in total. The summed E-state index contributed by atoms with van der Waals surface area (Å²) in [6.45, 7) is 7.26. The largest absolute Gasteiger partial charge is 0.448 e. The second kappa shape index (κ2) is 9.06. The van der Waals surface area contributed by atoms with Gasteiger partial charge in [-0.2, -0.15) is 0 Å². The van der Waals surface area contributed by atoms with Crippen LogP contribution in [0.3, 0.4) is 0 Å². The Balaban J connectivity index is 1.52. The van der Waals surface area contributed by atoms with Crippen molar-refractivity contribution < 1.29 is 18.7 Å². The van der Waals surface area contributed by atoms with Crippen molar-refractivity contribution in [2.45, 2.75) is 71.8 Å². The molecule has 7 nitrogen and oxygen atoms in total. The van der Waals surface area contributed by atoms with Crippen molar-refractivity contribution >= 4 is 5.91 Å². The van der Waals surface area contributed by atoms with E-state index in [9.17, 15) is 9.59 Å². The number of carbonyl (C=O) groups is 1. The third kappa shape index (κ3) is 4.43. The molecule has 1 fully saturated rings. The first-order valence-electron chi connectivity index (χ1n) is 11.8. The monoisotopic (exact) mass is 471 g/mol. The molecule has 1 unspecified atom stereocenters. The zero-order chi connectivity index (χ0) is 24.8. The normalized spacial score (nSPS) is 23.9. The van der Waals surface area contributed by atoms with Crippen LogP contribution < -0.4 is 20.3 Å². The number of ether oxygens (including phenoxy) is 2. The zero-order valence-electron chi connectivity index (χ0n) is 20.8. The van der Waals surface area contributed by atoms with Gasteiger partial charge < -0.3 is 24.7 Å². The molecule has 1 aliphatic heterocycles. The number of hydrogen-bond donors (Lipinski definition) is 2. The molecule has 2 aromatic rings. The summed E-state index contributed by atoms with van der Waals surface area (Å²) in [6, 6.07) is 3.57. The average Bonchev–Trinajstić information content (AvgIpc) is 3.15. The molecular formula is C26H34FN3O4. The lowest BCUT2D eigenvalue weighted by atomic mass is 9.81. The third-order valence-electron chi connectivity index (χ3n) is 7.38. The standard InChI is InChI=1S/C26H34FN3O4/c1-14-11-15(2)29-25(32)20(14)13-28-24(31)19-12-21(27)23-22(16(19)3)33-26(4,34-23)17-7-9-18(10-8-17)30(5)6/h11-12,17-18H,7-10,13H2,1-6H3,(H,28,31)(H,29,32). The topological polar surface area (TPSA) is 83.7 Å². The van der Waals surface area contributed by atoms with E-state index in [1.807, 2.05) is 19.9 Å². The van der Waals surface area contributed by atoms with Crippen molar-refractivity contribution in [3.63, 3.8) is 0 Å². The fourth-order valence-electron chi connectivity index (χ4n) is 5.23. The number of benzene rings is 1. The van der Waals surface area contributed by atoms with E-state index >= 15 is 4.39 Å². The number of aromatic nitrogens is 1. The van der Waals surface area contributed by atoms with Crippen LogP contribution in [0.4, 0.5) is 4.39 Å². The number of halogens is 1. The van der Waals surface area contributed by atoms with Crippen LogP contribution in [-0.4, -0.2) is 41.7 Å². The number of carbonyl (C=O) groups excluding carboxylic acids is 1. The summed E-state index contributed by atoms with van der Waals surface area (Å²) >= 11 is 0. The first kappa shape index (κ1) is 24.3. The molecule has 1 saturated carbocycles. The van der Waals surface area contributed by atoms with Crippen LogP contribution in [0.25, 0.3) is 0 Å². The van der Waals surface area contributed by atoms with Gasteiger partial charge in [0, 0.05) is 47.8 Å². The maximum atomic E-state index is 15.1. The van der Waals surface area contributed by atoms with Gasteiger partial charge in [0.25, 0.3) is 17.3 Å². The van der Waals surface area contributed by atoms with Gasteiger partial charge in [-0.1, -0.05) is 0 Å². The van der Waals surface area contributed by atoms with E-state index in [1.165, 1.54) is 6.07 Å². The summed E-state index contributed by atoms with van der Waals surface area (Å²) in [5.74, 6) is -1.58. The van der Waals surface area contributed by atoms with Gasteiger partial charge in [-0.05, 0) is 78.2 Å². The van der Waals surface area contributed by atoms with E-state index in [0.717, 1.165) is 36.9 Å². The smallest absolute Gasteiger partial charge is 0.253 e. The molecule has 1 aromatic heterocycles. The van der Waals surface area contributed by atoms with E-state index in [4.69, 9.17) is 9.47 Å². The van der Waals surface area contributed by atoms with Gasteiger partial charge in [0.05, 0.1) is 0 Å². The molecule has 0 saturated heterocycles. The SMILES string of the molecule is Cc1cc(C)c(CNC(=O)c2cc(F)c3c(c2C)OC(C)(C2CCC(N(C)C)CC2)O3)c(=O)[nH]1. The van der Waals surface area contributed by atoms with E-state index in [0.29, 0.717) is 17.2 Å². The van der Waals surface area contributed by atoms with Crippen molar-refractivity contribution in [3.05, 3.63) is 56.3 Å². The Morgan fingerprint density at radius 2 is 1.79 bits per heavy atom. The predicted molar refractivity (Wildman–Crippen MR) is 128 cm³/mol. The molecule has 2 heterocycles. The lowest BCUT2D eigenvalue weighted by Gasteiger charge is -2.39. The molecule has 2 aliphatic rings. The average molecular weight is 472 g/mol. The Hall–Kier alpha value is -2.87. The van der Waals surface area contributed by atoms with Crippen molar-refractivity contribution in [3.8, 4) is 11.5 Å². The number of nitrogens with one attached hydrogen (secondary N) is 2. The summed E-state index contributed by atoms with van der Waals surface area (Å²) in [5.41, 5.74) is 2.46. The minimum atomic E-state index is -0.966. The summed E-state index contributed by atoms with van der Waals surface area (Å²) in [6.07, 6.45) is 3.91. The number of amides is 1. The number of rotatable bonds is 5. The molecule has 1 aliphatic carbocycles. The maximum absolute atomic E-state index is 15.1. The summed E-state index contributed by atoms with van der Waals surface area (Å²) in [7, 11) is 4.18. The highest BCUT2D eigenvalue weighted by atomic mass is 19.1. The maximum Gasteiger partial charge on any atom is 0.253 e. The Kier molecular flexibility index (Phi) is 6.46. The molecule has 184 valence electrons. The van der Waals surface area contributed by atoms with Gasteiger partial charge in [-0.25, -0.2) is 4.39 Å². The third-order valence-corrected chi connectivity index (χ3v) is 7.38. The molecule has 4 rings (SSSR count). The van der Waals surface area contributed by atoms with Crippen molar-refractivity contribution in [2.24, 2.45) is 5.92 Å². The van der Waals surface area contributed by atoms with Crippen molar-refractivity contribution in [1.29, 1.82) is 0 Å². The quantitative estimate of drug-likeness (QED) is 0.689. The van der Waals surface area contributed by atoms with E-state index in [1.54, 1.807) is 13.8 Å². The highest BCUT2D eigenvalue weighted by molar-refractivity contribution is 5.96. The van der Waals surface area contributed by atoms with Crippen LogP contribution in [0.2, 0.25) is 0 Å². The lowest BCUT2D eigenvalue weighted by molar-refractivity contribution is -0.124.